The summed E-state index contributed by atoms with van der Waals surface area (Å²) in [6.07, 6.45) is 2.26. The SMILES string of the molecule is NCc1cc(C(=O)O)ccc1-c1ccccc1OCC1CCNCC1. The van der Waals surface area contributed by atoms with Crippen molar-refractivity contribution < 1.29 is 14.6 Å². The normalized spacial score (nSPS) is 15.1. The van der Waals surface area contributed by atoms with E-state index in [1.54, 1.807) is 12.1 Å². The van der Waals surface area contributed by atoms with Crippen molar-refractivity contribution in [1.82, 2.24) is 5.32 Å². The van der Waals surface area contributed by atoms with Crippen molar-refractivity contribution in [2.45, 2.75) is 19.4 Å². The topological polar surface area (TPSA) is 84.6 Å². The Morgan fingerprint density at radius 1 is 1.16 bits per heavy atom. The molecule has 4 N–H and O–H groups in total. The van der Waals surface area contributed by atoms with Gasteiger partial charge in [-0.25, -0.2) is 4.79 Å². The third-order valence-electron chi connectivity index (χ3n) is 4.68. The molecular formula is C20H24N2O3. The summed E-state index contributed by atoms with van der Waals surface area (Å²) in [7, 11) is 0. The van der Waals surface area contributed by atoms with Crippen molar-refractivity contribution >= 4 is 5.97 Å². The average molecular weight is 340 g/mol. The molecule has 1 saturated heterocycles. The van der Waals surface area contributed by atoms with E-state index in [4.69, 9.17) is 10.5 Å². The monoisotopic (exact) mass is 340 g/mol. The Morgan fingerprint density at radius 3 is 2.64 bits per heavy atom. The third kappa shape index (κ3) is 4.18. The minimum absolute atomic E-state index is 0.248. The van der Waals surface area contributed by atoms with Gasteiger partial charge in [-0.05, 0) is 61.2 Å². The van der Waals surface area contributed by atoms with Crippen molar-refractivity contribution in [3.05, 3.63) is 53.6 Å². The highest BCUT2D eigenvalue weighted by molar-refractivity contribution is 5.89. The lowest BCUT2D eigenvalue weighted by Gasteiger charge is -2.23. The molecule has 0 aromatic heterocycles. The number of nitrogens with one attached hydrogen (secondary N) is 1. The first kappa shape index (κ1) is 17.5. The second-order valence-electron chi connectivity index (χ2n) is 6.38. The molecule has 2 aromatic rings. The van der Waals surface area contributed by atoms with Crippen LogP contribution in [0.4, 0.5) is 0 Å². The Kier molecular flexibility index (Phi) is 5.68. The smallest absolute Gasteiger partial charge is 0.335 e. The van der Waals surface area contributed by atoms with Crippen LogP contribution in [0.1, 0.15) is 28.8 Å². The van der Waals surface area contributed by atoms with Gasteiger partial charge in [0, 0.05) is 12.1 Å². The second-order valence-corrected chi connectivity index (χ2v) is 6.38. The first-order valence-electron chi connectivity index (χ1n) is 8.68. The molecule has 2 aromatic carbocycles. The number of carbonyl (C=O) groups is 1. The summed E-state index contributed by atoms with van der Waals surface area (Å²) in [6.45, 7) is 3.07. The molecule has 25 heavy (non-hydrogen) atoms. The number of ether oxygens (including phenoxy) is 1. The van der Waals surface area contributed by atoms with Crippen LogP contribution in [0.5, 0.6) is 5.75 Å². The number of nitrogens with two attached hydrogens (primary N) is 1. The molecule has 1 aliphatic heterocycles. The van der Waals surface area contributed by atoms with Gasteiger partial charge in [0.1, 0.15) is 5.75 Å². The lowest BCUT2D eigenvalue weighted by molar-refractivity contribution is 0.0697. The van der Waals surface area contributed by atoms with Crippen molar-refractivity contribution in [2.24, 2.45) is 11.7 Å². The zero-order chi connectivity index (χ0) is 17.6. The number of rotatable bonds is 6. The Morgan fingerprint density at radius 2 is 1.92 bits per heavy atom. The number of para-hydroxylation sites is 1. The van der Waals surface area contributed by atoms with E-state index < -0.39 is 5.97 Å². The molecule has 3 rings (SSSR count). The molecule has 0 amide bonds. The molecule has 132 valence electrons. The van der Waals surface area contributed by atoms with Crippen molar-refractivity contribution in [1.29, 1.82) is 0 Å². The predicted molar refractivity (Wildman–Crippen MR) is 97.8 cm³/mol. The number of aromatic carboxylic acids is 1. The summed E-state index contributed by atoms with van der Waals surface area (Å²) in [6, 6.07) is 12.9. The van der Waals surface area contributed by atoms with E-state index in [0.717, 1.165) is 48.4 Å². The van der Waals surface area contributed by atoms with Crippen molar-refractivity contribution in [3.8, 4) is 16.9 Å². The van der Waals surface area contributed by atoms with Crippen LogP contribution < -0.4 is 15.8 Å². The first-order chi connectivity index (χ1) is 12.2. The molecule has 0 aliphatic carbocycles. The van der Waals surface area contributed by atoms with Gasteiger partial charge in [-0.1, -0.05) is 24.3 Å². The molecule has 0 atom stereocenters. The number of benzene rings is 2. The molecule has 0 bridgehead atoms. The molecule has 0 saturated carbocycles. The molecule has 1 fully saturated rings. The number of carboxylic acids is 1. The van der Waals surface area contributed by atoms with Crippen LogP contribution in [0.15, 0.2) is 42.5 Å². The summed E-state index contributed by atoms with van der Waals surface area (Å²) < 4.78 is 6.12. The van der Waals surface area contributed by atoms with Gasteiger partial charge in [0.15, 0.2) is 0 Å². The molecule has 1 heterocycles. The first-order valence-corrected chi connectivity index (χ1v) is 8.68. The lowest BCUT2D eigenvalue weighted by Crippen LogP contribution is -2.30. The second kappa shape index (κ2) is 8.14. The van der Waals surface area contributed by atoms with Gasteiger partial charge < -0.3 is 20.9 Å². The number of hydrogen-bond acceptors (Lipinski definition) is 4. The third-order valence-corrected chi connectivity index (χ3v) is 4.68. The van der Waals surface area contributed by atoms with Crippen molar-refractivity contribution in [2.75, 3.05) is 19.7 Å². The quantitative estimate of drug-likeness (QED) is 0.753. The summed E-state index contributed by atoms with van der Waals surface area (Å²) in [5.41, 5.74) is 8.79. The molecule has 0 radical (unpaired) electrons. The highest BCUT2D eigenvalue weighted by atomic mass is 16.5. The van der Waals surface area contributed by atoms with Crippen LogP contribution in [0.3, 0.4) is 0 Å². The van der Waals surface area contributed by atoms with Gasteiger partial charge in [0.25, 0.3) is 0 Å². The fourth-order valence-corrected chi connectivity index (χ4v) is 3.23. The van der Waals surface area contributed by atoms with E-state index in [0.29, 0.717) is 12.5 Å². The average Bonchev–Trinajstić information content (AvgIpc) is 2.67. The van der Waals surface area contributed by atoms with Crippen LogP contribution in [0.25, 0.3) is 11.1 Å². The summed E-state index contributed by atoms with van der Waals surface area (Å²) >= 11 is 0. The fraction of sp³-hybridized carbons (Fsp3) is 0.350. The van der Waals surface area contributed by atoms with Crippen LogP contribution in [-0.4, -0.2) is 30.8 Å². The minimum Gasteiger partial charge on any atom is -0.493 e. The van der Waals surface area contributed by atoms with Gasteiger partial charge in [-0.3, -0.25) is 0 Å². The largest absolute Gasteiger partial charge is 0.493 e. The van der Waals surface area contributed by atoms with Crippen LogP contribution in [0, 0.1) is 5.92 Å². The fourth-order valence-electron chi connectivity index (χ4n) is 3.23. The Balaban J connectivity index is 1.86. The van der Waals surface area contributed by atoms with Gasteiger partial charge >= 0.3 is 5.97 Å². The number of piperidine rings is 1. The van der Waals surface area contributed by atoms with E-state index >= 15 is 0 Å². The van der Waals surface area contributed by atoms with E-state index in [1.807, 2.05) is 30.3 Å². The van der Waals surface area contributed by atoms with Gasteiger partial charge in [0.05, 0.1) is 12.2 Å². The molecular weight excluding hydrogens is 316 g/mol. The van der Waals surface area contributed by atoms with Crippen LogP contribution in [0.2, 0.25) is 0 Å². The van der Waals surface area contributed by atoms with Crippen LogP contribution >= 0.6 is 0 Å². The molecule has 5 heteroatoms. The predicted octanol–water partition coefficient (Wildman–Crippen LogP) is 2.89. The van der Waals surface area contributed by atoms with Crippen molar-refractivity contribution in [3.63, 3.8) is 0 Å². The van der Waals surface area contributed by atoms with Gasteiger partial charge in [0.2, 0.25) is 0 Å². The van der Waals surface area contributed by atoms with E-state index in [9.17, 15) is 9.90 Å². The Bertz CT molecular complexity index is 739. The van der Waals surface area contributed by atoms with Gasteiger partial charge in [-0.15, -0.1) is 0 Å². The summed E-state index contributed by atoms with van der Waals surface area (Å²) in [4.78, 5) is 11.2. The zero-order valence-electron chi connectivity index (χ0n) is 14.2. The molecule has 5 nitrogen and oxygen atoms in total. The van der Waals surface area contributed by atoms with E-state index in [1.165, 1.54) is 0 Å². The summed E-state index contributed by atoms with van der Waals surface area (Å²) in [5, 5.41) is 12.5. The molecule has 1 aliphatic rings. The highest BCUT2D eigenvalue weighted by Crippen LogP contribution is 2.33. The Labute approximate surface area is 147 Å². The van der Waals surface area contributed by atoms with E-state index in [-0.39, 0.29) is 12.1 Å². The zero-order valence-corrected chi connectivity index (χ0v) is 14.2. The standard InChI is InChI=1S/C20H24N2O3/c21-12-16-11-15(20(23)24)5-6-17(16)18-3-1-2-4-19(18)25-13-14-7-9-22-10-8-14/h1-6,11,14,22H,7-10,12-13,21H2,(H,23,24). The number of carboxylic acid groups (broad SMARTS) is 1. The molecule has 0 unspecified atom stereocenters. The summed E-state index contributed by atoms with van der Waals surface area (Å²) in [5.74, 6) is 0.438. The number of hydrogen-bond donors (Lipinski definition) is 3. The maximum Gasteiger partial charge on any atom is 0.335 e. The maximum absolute atomic E-state index is 11.2. The molecule has 0 spiro atoms. The minimum atomic E-state index is -0.948. The van der Waals surface area contributed by atoms with Crippen LogP contribution in [-0.2, 0) is 6.54 Å². The van der Waals surface area contributed by atoms with Gasteiger partial charge in [-0.2, -0.15) is 0 Å². The van der Waals surface area contributed by atoms with E-state index in [2.05, 4.69) is 5.32 Å². The Hall–Kier alpha value is -2.37. The highest BCUT2D eigenvalue weighted by Gasteiger charge is 2.16. The lowest BCUT2D eigenvalue weighted by atomic mass is 9.96. The maximum atomic E-state index is 11.2.